The molecule has 0 heterocycles. The predicted molar refractivity (Wildman–Crippen MR) is 100 cm³/mol. The molecule has 0 saturated heterocycles. The molecule has 0 spiro atoms. The molecule has 0 atom stereocenters. The fourth-order valence-electron chi connectivity index (χ4n) is 2.59. The molecule has 0 aromatic heterocycles. The number of amides is 2. The van der Waals surface area contributed by atoms with Crippen molar-refractivity contribution in [3.05, 3.63) is 71.8 Å². The van der Waals surface area contributed by atoms with Gasteiger partial charge in [-0.25, -0.2) is 0 Å². The zero-order valence-corrected chi connectivity index (χ0v) is 14.3. The second-order valence-corrected chi connectivity index (χ2v) is 5.83. The average Bonchev–Trinajstić information content (AvgIpc) is 2.65. The number of nitrogen functional groups attached to an aromatic ring is 1. The molecular weight excluding hydrogens is 330 g/mol. The van der Waals surface area contributed by atoms with Crippen molar-refractivity contribution >= 4 is 28.3 Å². The maximum Gasteiger partial charge on any atom is 0.274 e. The first-order valence-corrected chi connectivity index (χ1v) is 8.10. The van der Waals surface area contributed by atoms with Crippen molar-refractivity contribution in [2.45, 2.75) is 13.5 Å². The Morgan fingerprint density at radius 1 is 0.962 bits per heavy atom. The van der Waals surface area contributed by atoms with Gasteiger partial charge in [-0.3, -0.25) is 20.4 Å². The van der Waals surface area contributed by atoms with E-state index in [-0.39, 0.29) is 5.91 Å². The zero-order chi connectivity index (χ0) is 18.5. The molecule has 0 aliphatic heterocycles. The van der Waals surface area contributed by atoms with E-state index in [0.717, 1.165) is 16.3 Å². The molecule has 0 aliphatic rings. The molecule has 0 fully saturated rings. The Labute approximate surface area is 150 Å². The van der Waals surface area contributed by atoms with Crippen molar-refractivity contribution in [1.82, 2.24) is 10.9 Å². The second kappa shape index (κ2) is 7.57. The van der Waals surface area contributed by atoms with Gasteiger partial charge in [0.05, 0.1) is 5.56 Å². The summed E-state index contributed by atoms with van der Waals surface area (Å²) >= 11 is 0. The molecule has 0 unspecified atom stereocenters. The molecule has 0 saturated carbocycles. The van der Waals surface area contributed by atoms with E-state index in [4.69, 9.17) is 10.5 Å². The highest BCUT2D eigenvalue weighted by atomic mass is 16.5. The SMILES string of the molecule is CC(=O)NNC(=O)c1c(OCc2ccc(N)cc2)ccc2ccccc12. The number of hydrogen-bond acceptors (Lipinski definition) is 4. The Kier molecular flexibility index (Phi) is 5.03. The highest BCUT2D eigenvalue weighted by Crippen LogP contribution is 2.28. The van der Waals surface area contributed by atoms with Gasteiger partial charge in [-0.05, 0) is 34.5 Å². The quantitative estimate of drug-likeness (QED) is 0.499. The maximum absolute atomic E-state index is 12.6. The van der Waals surface area contributed by atoms with Crippen molar-refractivity contribution in [3.8, 4) is 5.75 Å². The Balaban J connectivity index is 1.92. The average molecular weight is 349 g/mol. The minimum absolute atomic E-state index is 0.291. The van der Waals surface area contributed by atoms with Crippen LogP contribution in [0.4, 0.5) is 5.69 Å². The molecule has 0 bridgehead atoms. The van der Waals surface area contributed by atoms with E-state index in [0.29, 0.717) is 23.6 Å². The van der Waals surface area contributed by atoms with Gasteiger partial charge < -0.3 is 10.5 Å². The molecule has 26 heavy (non-hydrogen) atoms. The summed E-state index contributed by atoms with van der Waals surface area (Å²) in [5, 5.41) is 1.64. The molecule has 0 aliphatic carbocycles. The third kappa shape index (κ3) is 3.92. The monoisotopic (exact) mass is 349 g/mol. The summed E-state index contributed by atoms with van der Waals surface area (Å²) in [5.74, 6) is -0.365. The normalized spacial score (nSPS) is 10.3. The highest BCUT2D eigenvalue weighted by Gasteiger charge is 2.17. The molecule has 3 aromatic carbocycles. The van der Waals surface area contributed by atoms with E-state index in [9.17, 15) is 9.59 Å². The molecule has 6 nitrogen and oxygen atoms in total. The summed E-state index contributed by atoms with van der Waals surface area (Å²) in [6.07, 6.45) is 0. The largest absolute Gasteiger partial charge is 0.488 e. The van der Waals surface area contributed by atoms with Crippen LogP contribution in [0, 0.1) is 0 Å². The molecular formula is C20H19N3O3. The van der Waals surface area contributed by atoms with Gasteiger partial charge in [0.15, 0.2) is 0 Å². The van der Waals surface area contributed by atoms with Crippen LogP contribution in [0.15, 0.2) is 60.7 Å². The summed E-state index contributed by atoms with van der Waals surface area (Å²) in [5.41, 5.74) is 12.4. The van der Waals surface area contributed by atoms with Crippen LogP contribution in [-0.2, 0) is 11.4 Å². The minimum atomic E-state index is -0.440. The van der Waals surface area contributed by atoms with Crippen molar-refractivity contribution in [1.29, 1.82) is 0 Å². The van der Waals surface area contributed by atoms with Gasteiger partial charge >= 0.3 is 0 Å². The first-order valence-electron chi connectivity index (χ1n) is 8.10. The zero-order valence-electron chi connectivity index (χ0n) is 14.3. The number of ether oxygens (including phenoxy) is 1. The summed E-state index contributed by atoms with van der Waals surface area (Å²) in [6, 6.07) is 18.5. The van der Waals surface area contributed by atoms with Gasteiger partial charge in [0.1, 0.15) is 12.4 Å². The number of carbonyl (C=O) groups excluding carboxylic acids is 2. The van der Waals surface area contributed by atoms with E-state index >= 15 is 0 Å². The maximum atomic E-state index is 12.6. The fourth-order valence-corrected chi connectivity index (χ4v) is 2.59. The standard InChI is InChI=1S/C20H19N3O3/c1-13(24)22-23-20(25)19-17-5-3-2-4-15(17)8-11-18(19)26-12-14-6-9-16(21)10-7-14/h2-11H,12,21H2,1H3,(H,22,24)(H,23,25). The van der Waals surface area contributed by atoms with E-state index in [1.54, 1.807) is 18.2 Å². The van der Waals surface area contributed by atoms with Crippen LogP contribution in [0.1, 0.15) is 22.8 Å². The van der Waals surface area contributed by atoms with Crippen molar-refractivity contribution < 1.29 is 14.3 Å². The van der Waals surface area contributed by atoms with E-state index in [1.807, 2.05) is 42.5 Å². The Morgan fingerprint density at radius 2 is 1.69 bits per heavy atom. The smallest absolute Gasteiger partial charge is 0.274 e. The lowest BCUT2D eigenvalue weighted by Gasteiger charge is -2.14. The Bertz CT molecular complexity index is 952. The van der Waals surface area contributed by atoms with E-state index in [1.165, 1.54) is 6.92 Å². The fraction of sp³-hybridized carbons (Fsp3) is 0.100. The topological polar surface area (TPSA) is 93.5 Å². The molecule has 2 amide bonds. The number of hydrogen-bond donors (Lipinski definition) is 3. The van der Waals surface area contributed by atoms with Crippen LogP contribution in [0.3, 0.4) is 0 Å². The van der Waals surface area contributed by atoms with Gasteiger partial charge in [0, 0.05) is 12.6 Å². The summed E-state index contributed by atoms with van der Waals surface area (Å²) in [6.45, 7) is 1.61. The summed E-state index contributed by atoms with van der Waals surface area (Å²) in [7, 11) is 0. The number of nitrogens with one attached hydrogen (secondary N) is 2. The van der Waals surface area contributed by atoms with Crippen molar-refractivity contribution in [2.24, 2.45) is 0 Å². The van der Waals surface area contributed by atoms with Crippen molar-refractivity contribution in [3.63, 3.8) is 0 Å². The van der Waals surface area contributed by atoms with Gasteiger partial charge in [-0.15, -0.1) is 0 Å². The number of hydrazine groups is 1. The third-order valence-electron chi connectivity index (χ3n) is 3.84. The Hall–Kier alpha value is -3.54. The van der Waals surface area contributed by atoms with E-state index < -0.39 is 5.91 Å². The second-order valence-electron chi connectivity index (χ2n) is 5.83. The van der Waals surface area contributed by atoms with Gasteiger partial charge in [0.25, 0.3) is 5.91 Å². The van der Waals surface area contributed by atoms with Crippen LogP contribution in [0.2, 0.25) is 0 Å². The van der Waals surface area contributed by atoms with Crippen LogP contribution in [-0.4, -0.2) is 11.8 Å². The van der Waals surface area contributed by atoms with Gasteiger partial charge in [-0.2, -0.15) is 0 Å². The van der Waals surface area contributed by atoms with Gasteiger partial charge in [0.2, 0.25) is 5.91 Å². The molecule has 6 heteroatoms. The molecule has 3 aromatic rings. The van der Waals surface area contributed by atoms with Crippen LogP contribution in [0.5, 0.6) is 5.75 Å². The molecule has 3 rings (SSSR count). The number of anilines is 1. The number of benzene rings is 3. The third-order valence-corrected chi connectivity index (χ3v) is 3.84. The van der Waals surface area contributed by atoms with Gasteiger partial charge in [-0.1, -0.05) is 42.5 Å². The van der Waals surface area contributed by atoms with Crippen molar-refractivity contribution in [2.75, 3.05) is 5.73 Å². The Morgan fingerprint density at radius 3 is 2.42 bits per heavy atom. The van der Waals surface area contributed by atoms with Crippen LogP contribution < -0.4 is 21.3 Å². The minimum Gasteiger partial charge on any atom is -0.488 e. The first-order chi connectivity index (χ1) is 12.5. The lowest BCUT2D eigenvalue weighted by Crippen LogP contribution is -2.40. The summed E-state index contributed by atoms with van der Waals surface area (Å²) in [4.78, 5) is 23.7. The lowest BCUT2D eigenvalue weighted by atomic mass is 10.0. The number of rotatable bonds is 4. The predicted octanol–water partition coefficient (Wildman–Crippen LogP) is 2.78. The van der Waals surface area contributed by atoms with Crippen LogP contribution in [0.25, 0.3) is 10.8 Å². The lowest BCUT2D eigenvalue weighted by molar-refractivity contribution is -0.119. The van der Waals surface area contributed by atoms with E-state index in [2.05, 4.69) is 10.9 Å². The molecule has 132 valence electrons. The summed E-state index contributed by atoms with van der Waals surface area (Å²) < 4.78 is 5.88. The molecule has 0 radical (unpaired) electrons. The first kappa shape index (κ1) is 17.3. The number of carbonyl (C=O) groups is 2. The van der Waals surface area contributed by atoms with Crippen LogP contribution >= 0.6 is 0 Å². The number of fused-ring (bicyclic) bond motifs is 1. The highest BCUT2D eigenvalue weighted by molar-refractivity contribution is 6.09. The molecule has 4 N–H and O–H groups in total. The number of nitrogens with two attached hydrogens (primary N) is 1.